The maximum atomic E-state index is 12.6. The lowest BCUT2D eigenvalue weighted by Crippen LogP contribution is -2.37. The van der Waals surface area contributed by atoms with E-state index in [0.717, 1.165) is 18.4 Å². The van der Waals surface area contributed by atoms with Crippen molar-refractivity contribution >= 4 is 10.0 Å². The molecule has 0 aromatic heterocycles. The van der Waals surface area contributed by atoms with Crippen LogP contribution >= 0.6 is 0 Å². The van der Waals surface area contributed by atoms with Crippen LogP contribution in [0.15, 0.2) is 29.2 Å². The van der Waals surface area contributed by atoms with Crippen LogP contribution in [0, 0.1) is 6.92 Å². The fourth-order valence-corrected chi connectivity index (χ4v) is 4.30. The smallest absolute Gasteiger partial charge is 0.243 e. The van der Waals surface area contributed by atoms with Crippen LogP contribution in [0.3, 0.4) is 0 Å². The zero-order valence-electron chi connectivity index (χ0n) is 11.4. The van der Waals surface area contributed by atoms with Crippen LogP contribution in [0.2, 0.25) is 0 Å². The third-order valence-corrected chi connectivity index (χ3v) is 5.53. The van der Waals surface area contributed by atoms with E-state index in [2.05, 4.69) is 0 Å². The number of aliphatic hydroxyl groups is 1. The molecular weight excluding hydrogens is 262 g/mol. The predicted molar refractivity (Wildman–Crippen MR) is 74.4 cm³/mol. The monoisotopic (exact) mass is 283 g/mol. The SMILES string of the molecule is Cc1ccc(S(=O)(=O)N2CCC[C@@H]2C[C@H](C)O)cc1. The molecule has 0 amide bonds. The summed E-state index contributed by atoms with van der Waals surface area (Å²) in [5.74, 6) is 0. The van der Waals surface area contributed by atoms with Crippen molar-refractivity contribution in [1.29, 1.82) is 0 Å². The maximum absolute atomic E-state index is 12.6. The van der Waals surface area contributed by atoms with Crippen LogP contribution in [0.1, 0.15) is 31.7 Å². The van der Waals surface area contributed by atoms with Gasteiger partial charge in [0.1, 0.15) is 0 Å². The van der Waals surface area contributed by atoms with Crippen molar-refractivity contribution < 1.29 is 13.5 Å². The highest BCUT2D eigenvalue weighted by molar-refractivity contribution is 7.89. The van der Waals surface area contributed by atoms with Crippen LogP contribution in [-0.2, 0) is 10.0 Å². The quantitative estimate of drug-likeness (QED) is 0.918. The number of aryl methyl sites for hydroxylation is 1. The van der Waals surface area contributed by atoms with E-state index in [1.807, 2.05) is 19.1 Å². The first-order valence-electron chi connectivity index (χ1n) is 6.68. The molecular formula is C14H21NO3S. The molecule has 0 radical (unpaired) electrons. The summed E-state index contributed by atoms with van der Waals surface area (Å²) < 4.78 is 26.7. The van der Waals surface area contributed by atoms with Crippen molar-refractivity contribution in [1.82, 2.24) is 4.31 Å². The lowest BCUT2D eigenvalue weighted by atomic mass is 10.1. The molecule has 106 valence electrons. The molecule has 1 N–H and O–H groups in total. The Balaban J connectivity index is 2.25. The molecule has 1 aliphatic rings. The third-order valence-electron chi connectivity index (χ3n) is 3.56. The fraction of sp³-hybridized carbons (Fsp3) is 0.571. The van der Waals surface area contributed by atoms with E-state index in [0.29, 0.717) is 17.9 Å². The van der Waals surface area contributed by atoms with Crippen molar-refractivity contribution in [3.63, 3.8) is 0 Å². The molecule has 1 fully saturated rings. The average Bonchev–Trinajstić information content (AvgIpc) is 2.77. The highest BCUT2D eigenvalue weighted by Gasteiger charge is 2.35. The molecule has 2 atom stereocenters. The molecule has 1 saturated heterocycles. The Labute approximate surface area is 115 Å². The van der Waals surface area contributed by atoms with Gasteiger partial charge in [-0.3, -0.25) is 0 Å². The van der Waals surface area contributed by atoms with Gasteiger partial charge in [0, 0.05) is 12.6 Å². The summed E-state index contributed by atoms with van der Waals surface area (Å²) in [7, 11) is -3.43. The van der Waals surface area contributed by atoms with Crippen LogP contribution < -0.4 is 0 Å². The van der Waals surface area contributed by atoms with Gasteiger partial charge < -0.3 is 5.11 Å². The molecule has 1 aromatic carbocycles. The maximum Gasteiger partial charge on any atom is 0.243 e. The van der Waals surface area contributed by atoms with E-state index in [9.17, 15) is 13.5 Å². The topological polar surface area (TPSA) is 57.6 Å². The third kappa shape index (κ3) is 3.16. The highest BCUT2D eigenvalue weighted by atomic mass is 32.2. The molecule has 0 spiro atoms. The van der Waals surface area contributed by atoms with Gasteiger partial charge in [0.05, 0.1) is 11.0 Å². The fourth-order valence-electron chi connectivity index (χ4n) is 2.60. The molecule has 0 unspecified atom stereocenters. The number of benzene rings is 1. The number of aliphatic hydroxyl groups excluding tert-OH is 1. The molecule has 0 saturated carbocycles. The Morgan fingerprint density at radius 3 is 2.58 bits per heavy atom. The van der Waals surface area contributed by atoms with Crippen LogP contribution in [0.25, 0.3) is 0 Å². The zero-order chi connectivity index (χ0) is 14.0. The summed E-state index contributed by atoms with van der Waals surface area (Å²) in [6.45, 7) is 4.19. The van der Waals surface area contributed by atoms with Gasteiger partial charge >= 0.3 is 0 Å². The van der Waals surface area contributed by atoms with Crippen LogP contribution in [0.4, 0.5) is 0 Å². The predicted octanol–water partition coefficient (Wildman–Crippen LogP) is 1.92. The number of sulfonamides is 1. The van der Waals surface area contributed by atoms with E-state index in [4.69, 9.17) is 0 Å². The molecule has 0 aliphatic carbocycles. The first-order valence-corrected chi connectivity index (χ1v) is 8.12. The van der Waals surface area contributed by atoms with Gasteiger partial charge in [0.25, 0.3) is 0 Å². The summed E-state index contributed by atoms with van der Waals surface area (Å²) >= 11 is 0. The minimum atomic E-state index is -3.43. The Hall–Kier alpha value is -0.910. The van der Waals surface area contributed by atoms with Crippen molar-refractivity contribution in [3.05, 3.63) is 29.8 Å². The van der Waals surface area contributed by atoms with Gasteiger partial charge in [-0.15, -0.1) is 0 Å². The second-order valence-corrected chi connectivity index (χ2v) is 7.20. The number of hydrogen-bond acceptors (Lipinski definition) is 3. The van der Waals surface area contributed by atoms with Gasteiger partial charge in [0.2, 0.25) is 10.0 Å². The number of rotatable bonds is 4. The Morgan fingerprint density at radius 1 is 1.37 bits per heavy atom. The molecule has 19 heavy (non-hydrogen) atoms. The molecule has 1 aromatic rings. The Kier molecular flexibility index (Phi) is 4.28. The highest BCUT2D eigenvalue weighted by Crippen LogP contribution is 2.28. The summed E-state index contributed by atoms with van der Waals surface area (Å²) in [4.78, 5) is 0.343. The minimum absolute atomic E-state index is 0.0775. The standard InChI is InChI=1S/C14H21NO3S/c1-11-5-7-14(8-6-11)19(17,18)15-9-3-4-13(15)10-12(2)16/h5-8,12-13,16H,3-4,9-10H2,1-2H3/t12-,13+/m0/s1. The first-order chi connectivity index (χ1) is 8.91. The van der Waals surface area contributed by atoms with Gasteiger partial charge in [-0.05, 0) is 45.2 Å². The second-order valence-electron chi connectivity index (χ2n) is 5.31. The molecule has 1 aliphatic heterocycles. The Bertz CT molecular complexity index is 522. The summed E-state index contributed by atoms with van der Waals surface area (Å²) in [6.07, 6.45) is 1.72. The van der Waals surface area contributed by atoms with Crippen LogP contribution in [0.5, 0.6) is 0 Å². The second kappa shape index (κ2) is 5.61. The number of hydrogen-bond donors (Lipinski definition) is 1. The van der Waals surface area contributed by atoms with E-state index in [-0.39, 0.29) is 6.04 Å². The molecule has 4 nitrogen and oxygen atoms in total. The van der Waals surface area contributed by atoms with Crippen LogP contribution in [-0.4, -0.2) is 36.5 Å². The lowest BCUT2D eigenvalue weighted by Gasteiger charge is -2.25. The van der Waals surface area contributed by atoms with Gasteiger partial charge in [-0.1, -0.05) is 17.7 Å². The van der Waals surface area contributed by atoms with Crippen molar-refractivity contribution in [2.75, 3.05) is 6.54 Å². The zero-order valence-corrected chi connectivity index (χ0v) is 12.2. The first kappa shape index (κ1) is 14.5. The van der Waals surface area contributed by atoms with E-state index < -0.39 is 16.1 Å². The summed E-state index contributed by atoms with van der Waals surface area (Å²) in [6, 6.07) is 6.86. The normalized spacial score (nSPS) is 22.6. The van der Waals surface area contributed by atoms with Gasteiger partial charge in [0.15, 0.2) is 0 Å². The lowest BCUT2D eigenvalue weighted by molar-refractivity contribution is 0.158. The van der Waals surface area contributed by atoms with Crippen molar-refractivity contribution in [3.8, 4) is 0 Å². The van der Waals surface area contributed by atoms with Crippen molar-refractivity contribution in [2.45, 2.75) is 50.2 Å². The molecule has 5 heteroatoms. The summed E-state index contributed by atoms with van der Waals surface area (Å²) in [5, 5.41) is 9.48. The minimum Gasteiger partial charge on any atom is -0.393 e. The largest absolute Gasteiger partial charge is 0.393 e. The molecule has 2 rings (SSSR count). The molecule has 1 heterocycles. The van der Waals surface area contributed by atoms with E-state index >= 15 is 0 Å². The van der Waals surface area contributed by atoms with E-state index in [1.165, 1.54) is 0 Å². The Morgan fingerprint density at radius 2 is 2.00 bits per heavy atom. The van der Waals surface area contributed by atoms with E-state index in [1.54, 1.807) is 23.4 Å². The summed E-state index contributed by atoms with van der Waals surface area (Å²) in [5.41, 5.74) is 1.04. The van der Waals surface area contributed by atoms with Crippen molar-refractivity contribution in [2.24, 2.45) is 0 Å². The number of nitrogens with zero attached hydrogens (tertiary/aromatic N) is 1. The van der Waals surface area contributed by atoms with Gasteiger partial charge in [-0.25, -0.2) is 8.42 Å². The van der Waals surface area contributed by atoms with Gasteiger partial charge in [-0.2, -0.15) is 4.31 Å². The average molecular weight is 283 g/mol. The molecule has 0 bridgehead atoms.